The topological polar surface area (TPSA) is 80.6 Å². The smallest absolute Gasteiger partial charge is 0.262 e. The predicted octanol–water partition coefficient (Wildman–Crippen LogP) is 5.25. The van der Waals surface area contributed by atoms with Crippen LogP contribution in [0.25, 0.3) is 6.08 Å². The quantitative estimate of drug-likeness (QED) is 0.215. The summed E-state index contributed by atoms with van der Waals surface area (Å²) in [5.74, 6) is 1.02. The molecular weight excluding hydrogens is 550 g/mol. The minimum Gasteiger partial charge on any atom is -0.497 e. The minimum atomic E-state index is -0.498. The Balaban J connectivity index is 1.66. The summed E-state index contributed by atoms with van der Waals surface area (Å²) in [6, 6.07) is 18.8. The van der Waals surface area contributed by atoms with Gasteiger partial charge in [-0.25, -0.2) is 4.39 Å². The Hall–Kier alpha value is -3.58. The number of ether oxygens (including phenoxy) is 3. The van der Waals surface area contributed by atoms with Crippen LogP contribution >= 0.6 is 22.6 Å². The van der Waals surface area contributed by atoms with E-state index < -0.39 is 5.91 Å². The van der Waals surface area contributed by atoms with Crippen molar-refractivity contribution in [2.75, 3.05) is 14.2 Å². The highest BCUT2D eigenvalue weighted by molar-refractivity contribution is 14.1. The molecule has 3 rings (SSSR count). The van der Waals surface area contributed by atoms with Crippen LogP contribution in [0, 0.1) is 20.7 Å². The molecule has 0 radical (unpaired) electrons. The maximum absolute atomic E-state index is 13.3. The van der Waals surface area contributed by atoms with Crippen molar-refractivity contribution in [2.24, 2.45) is 0 Å². The average Bonchev–Trinajstić information content (AvgIpc) is 2.85. The Bertz CT molecular complexity index is 1250. The average molecular weight is 572 g/mol. The molecule has 1 amide bonds. The number of hydrogen-bond donors (Lipinski definition) is 1. The van der Waals surface area contributed by atoms with Gasteiger partial charge in [0.15, 0.2) is 0 Å². The first kappa shape index (κ1) is 25.1. The lowest BCUT2D eigenvalue weighted by atomic mass is 10.1. The highest BCUT2D eigenvalue weighted by atomic mass is 127. The molecule has 8 heteroatoms. The number of hydrogen-bond acceptors (Lipinski definition) is 5. The number of rotatable bonds is 9. The molecule has 3 aromatic rings. The normalized spacial score (nSPS) is 10.9. The molecule has 0 atom stereocenters. The fraction of sp³-hybridized carbons (Fsp3) is 0.154. The molecule has 3 aromatic carbocycles. The molecule has 0 saturated heterocycles. The Morgan fingerprint density at radius 1 is 1.09 bits per heavy atom. The van der Waals surface area contributed by atoms with Gasteiger partial charge in [0.1, 0.15) is 41.3 Å². The zero-order valence-electron chi connectivity index (χ0n) is 18.6. The van der Waals surface area contributed by atoms with E-state index in [1.807, 2.05) is 6.07 Å². The second kappa shape index (κ2) is 12.0. The minimum absolute atomic E-state index is 0.0308. The molecule has 0 spiro atoms. The fourth-order valence-corrected chi connectivity index (χ4v) is 3.79. The van der Waals surface area contributed by atoms with E-state index in [2.05, 4.69) is 27.9 Å². The summed E-state index contributed by atoms with van der Waals surface area (Å²) < 4.78 is 30.4. The number of methoxy groups -OCH3 is 2. The third-order valence-electron chi connectivity index (χ3n) is 4.85. The molecule has 6 nitrogen and oxygen atoms in total. The summed E-state index contributed by atoms with van der Waals surface area (Å²) in [5.41, 5.74) is 2.12. The number of amides is 1. The first-order chi connectivity index (χ1) is 16.4. The Kier molecular flexibility index (Phi) is 8.87. The molecule has 1 N–H and O–H groups in total. The molecule has 34 heavy (non-hydrogen) atoms. The van der Waals surface area contributed by atoms with E-state index in [0.29, 0.717) is 22.8 Å². The lowest BCUT2D eigenvalue weighted by Crippen LogP contribution is -2.24. The van der Waals surface area contributed by atoms with Crippen molar-refractivity contribution in [2.45, 2.75) is 13.2 Å². The van der Waals surface area contributed by atoms with E-state index in [4.69, 9.17) is 14.2 Å². The summed E-state index contributed by atoms with van der Waals surface area (Å²) in [6.07, 6.45) is 1.51. The van der Waals surface area contributed by atoms with Crippen LogP contribution in [0.15, 0.2) is 66.2 Å². The molecule has 0 aliphatic heterocycles. The molecular formula is C26H22FIN2O4. The van der Waals surface area contributed by atoms with Crippen LogP contribution in [0.1, 0.15) is 16.7 Å². The van der Waals surface area contributed by atoms with Crippen LogP contribution in [0.2, 0.25) is 0 Å². The molecule has 0 bridgehead atoms. The largest absolute Gasteiger partial charge is 0.497 e. The summed E-state index contributed by atoms with van der Waals surface area (Å²) in [6.45, 7) is 0.416. The van der Waals surface area contributed by atoms with Crippen LogP contribution < -0.4 is 19.5 Å². The van der Waals surface area contributed by atoms with Gasteiger partial charge in [-0.15, -0.1) is 0 Å². The van der Waals surface area contributed by atoms with Crippen LogP contribution in [0.3, 0.4) is 0 Å². The zero-order valence-corrected chi connectivity index (χ0v) is 20.8. The Labute approximate surface area is 211 Å². The molecule has 0 fully saturated rings. The SMILES string of the molecule is COc1ccc(CNC(=O)/C(C#N)=C/c2ccc(OCc3cccc(F)c3)c(I)c2)c(OC)c1. The number of nitriles is 1. The monoisotopic (exact) mass is 572 g/mol. The molecule has 0 aliphatic rings. The number of carbonyl (C=O) groups excluding carboxylic acids is 1. The highest BCUT2D eigenvalue weighted by Crippen LogP contribution is 2.26. The Morgan fingerprint density at radius 3 is 2.59 bits per heavy atom. The lowest BCUT2D eigenvalue weighted by molar-refractivity contribution is -0.117. The molecule has 0 aliphatic carbocycles. The number of nitrogens with zero attached hydrogens (tertiary/aromatic N) is 1. The van der Waals surface area contributed by atoms with Crippen molar-refractivity contribution >= 4 is 34.6 Å². The molecule has 174 valence electrons. The summed E-state index contributed by atoms with van der Waals surface area (Å²) in [4.78, 5) is 12.6. The van der Waals surface area contributed by atoms with Crippen molar-refractivity contribution < 1.29 is 23.4 Å². The third-order valence-corrected chi connectivity index (χ3v) is 5.69. The first-order valence-electron chi connectivity index (χ1n) is 10.2. The number of halogens is 2. The lowest BCUT2D eigenvalue weighted by Gasteiger charge is -2.11. The maximum Gasteiger partial charge on any atom is 0.262 e. The van der Waals surface area contributed by atoms with Crippen molar-refractivity contribution in [1.82, 2.24) is 5.32 Å². The van der Waals surface area contributed by atoms with Crippen LogP contribution in [0.4, 0.5) is 4.39 Å². The van der Waals surface area contributed by atoms with Crippen LogP contribution in [-0.4, -0.2) is 20.1 Å². The van der Waals surface area contributed by atoms with Gasteiger partial charge in [0.05, 0.1) is 17.8 Å². The molecule has 0 unspecified atom stereocenters. The third kappa shape index (κ3) is 6.71. The van der Waals surface area contributed by atoms with E-state index in [0.717, 1.165) is 14.7 Å². The van der Waals surface area contributed by atoms with Crippen molar-refractivity contribution in [3.8, 4) is 23.3 Å². The van der Waals surface area contributed by atoms with Crippen LogP contribution in [-0.2, 0) is 17.9 Å². The van der Waals surface area contributed by atoms with Gasteiger partial charge in [-0.1, -0.05) is 18.2 Å². The van der Waals surface area contributed by atoms with Crippen molar-refractivity contribution in [3.63, 3.8) is 0 Å². The summed E-state index contributed by atoms with van der Waals surface area (Å²) in [5, 5.41) is 12.2. The van der Waals surface area contributed by atoms with Gasteiger partial charge in [-0.05, 0) is 76.2 Å². The van der Waals surface area contributed by atoms with E-state index >= 15 is 0 Å². The van der Waals surface area contributed by atoms with E-state index in [1.54, 1.807) is 55.6 Å². The summed E-state index contributed by atoms with van der Waals surface area (Å²) in [7, 11) is 3.10. The van der Waals surface area contributed by atoms with Gasteiger partial charge < -0.3 is 19.5 Å². The molecule has 0 heterocycles. The van der Waals surface area contributed by atoms with Gasteiger partial charge >= 0.3 is 0 Å². The number of benzene rings is 3. The van der Waals surface area contributed by atoms with Crippen molar-refractivity contribution in [1.29, 1.82) is 5.26 Å². The molecule has 0 aromatic heterocycles. The van der Waals surface area contributed by atoms with E-state index in [9.17, 15) is 14.4 Å². The first-order valence-corrected chi connectivity index (χ1v) is 11.3. The molecule has 0 saturated carbocycles. The number of carbonyl (C=O) groups is 1. The summed E-state index contributed by atoms with van der Waals surface area (Å²) >= 11 is 2.11. The number of nitrogens with one attached hydrogen (secondary N) is 1. The highest BCUT2D eigenvalue weighted by Gasteiger charge is 2.12. The fourth-order valence-electron chi connectivity index (χ4n) is 3.10. The van der Waals surface area contributed by atoms with Gasteiger partial charge in [-0.3, -0.25) is 4.79 Å². The second-order valence-electron chi connectivity index (χ2n) is 7.14. The maximum atomic E-state index is 13.3. The Morgan fingerprint density at radius 2 is 1.91 bits per heavy atom. The van der Waals surface area contributed by atoms with Gasteiger partial charge in [0, 0.05) is 18.2 Å². The van der Waals surface area contributed by atoms with Crippen LogP contribution in [0.5, 0.6) is 17.2 Å². The van der Waals surface area contributed by atoms with E-state index in [1.165, 1.54) is 25.3 Å². The standard InChI is InChI=1S/C26H22FIN2O4/c1-32-22-8-7-19(25(13-22)33-2)15-30-26(31)20(14-29)10-17-6-9-24(23(28)12-17)34-16-18-4-3-5-21(27)11-18/h3-13H,15-16H2,1-2H3,(H,30,31)/b20-10+. The van der Waals surface area contributed by atoms with Gasteiger partial charge in [0.25, 0.3) is 5.91 Å². The van der Waals surface area contributed by atoms with Crippen molar-refractivity contribution in [3.05, 3.63) is 92.3 Å². The van der Waals surface area contributed by atoms with E-state index in [-0.39, 0.29) is 24.5 Å². The predicted molar refractivity (Wildman–Crippen MR) is 135 cm³/mol. The van der Waals surface area contributed by atoms with Gasteiger partial charge in [0.2, 0.25) is 0 Å². The second-order valence-corrected chi connectivity index (χ2v) is 8.30. The zero-order chi connectivity index (χ0) is 24.5. The van der Waals surface area contributed by atoms with Gasteiger partial charge in [-0.2, -0.15) is 5.26 Å².